The summed E-state index contributed by atoms with van der Waals surface area (Å²) in [6, 6.07) is 3.28. The van der Waals surface area contributed by atoms with E-state index in [0.29, 0.717) is 24.8 Å². The van der Waals surface area contributed by atoms with Gasteiger partial charge in [-0.15, -0.1) is 0 Å². The van der Waals surface area contributed by atoms with Gasteiger partial charge in [0, 0.05) is 27.5 Å². The molecule has 31 heteroatoms. The molecule has 0 fully saturated rings. The molecule has 0 spiro atoms. The third-order valence-electron chi connectivity index (χ3n) is 12.9. The van der Waals surface area contributed by atoms with Crippen LogP contribution in [0.5, 0.6) is 17.2 Å². The van der Waals surface area contributed by atoms with E-state index in [0.717, 1.165) is 30.3 Å². The largest absolute Gasteiger partial charge is 0.864 e. The minimum Gasteiger partial charge on any atom is -0.490 e. The minimum absolute atomic E-state index is 0.0414. The number of benzene rings is 6. The average molecular weight is 1260 g/mol. The summed E-state index contributed by atoms with van der Waals surface area (Å²) in [4.78, 5) is 26.2. The number of Topliss-reactive ketones (excluding diaryl/α,β-unsaturated/α-hetero) is 2. The summed E-state index contributed by atoms with van der Waals surface area (Å²) in [6.07, 6.45) is -46.1. The lowest BCUT2D eigenvalue weighted by Gasteiger charge is -2.43. The number of aryl methyl sites for hydroxylation is 1. The molecule has 0 saturated heterocycles. The molecule has 1 aliphatic rings. The van der Waals surface area contributed by atoms with Crippen LogP contribution in [0.3, 0.4) is 0 Å². The van der Waals surface area contributed by atoms with Gasteiger partial charge in [0.25, 0.3) is 0 Å². The zero-order valence-electron chi connectivity index (χ0n) is 42.2. The summed E-state index contributed by atoms with van der Waals surface area (Å²) >= 11 is 0. The quantitative estimate of drug-likeness (QED) is 0.0618. The highest BCUT2D eigenvalue weighted by Gasteiger charge is 2.51. The van der Waals surface area contributed by atoms with Crippen LogP contribution in [-0.2, 0) is 62.3 Å². The first kappa shape index (κ1) is 65.3. The molecule has 85 heavy (non-hydrogen) atoms. The van der Waals surface area contributed by atoms with Crippen molar-refractivity contribution >= 4 is 28.9 Å². The first-order chi connectivity index (χ1) is 38.9. The maximum Gasteiger partial charge on any atom is 0.864 e. The van der Waals surface area contributed by atoms with Crippen LogP contribution in [0.25, 0.3) is 0 Å². The monoisotopic (exact) mass is 1260 g/mol. The third-order valence-corrected chi connectivity index (χ3v) is 16.8. The molecule has 0 saturated carbocycles. The summed E-state index contributed by atoms with van der Waals surface area (Å²) in [6.45, 7) is 0. The van der Waals surface area contributed by atoms with Crippen molar-refractivity contribution in [3.63, 3.8) is 0 Å². The van der Waals surface area contributed by atoms with E-state index in [2.05, 4.69) is 0 Å². The summed E-state index contributed by atoms with van der Waals surface area (Å²) in [7, 11) is -9.50. The van der Waals surface area contributed by atoms with Gasteiger partial charge in [0.15, 0.2) is 11.6 Å². The van der Waals surface area contributed by atoms with Gasteiger partial charge in [-0.1, -0.05) is 61.4 Å². The number of hydrogen-bond donors (Lipinski definition) is 0. The molecule has 0 bridgehead atoms. The van der Waals surface area contributed by atoms with E-state index in [-0.39, 0.29) is 37.0 Å². The van der Waals surface area contributed by atoms with Gasteiger partial charge >= 0.3 is 56.7 Å². The molecule has 7 rings (SSSR count). The molecule has 0 amide bonds. The maximum atomic E-state index is 16.2. The Balaban J connectivity index is 1.69. The molecule has 0 aliphatic heterocycles. The summed E-state index contributed by atoms with van der Waals surface area (Å²) in [5.41, 5.74) is -20.4. The van der Waals surface area contributed by atoms with Crippen LogP contribution in [0.1, 0.15) is 102 Å². The Kier molecular flexibility index (Phi) is 18.1. The van der Waals surface area contributed by atoms with Crippen molar-refractivity contribution in [3.05, 3.63) is 182 Å². The van der Waals surface area contributed by atoms with Crippen LogP contribution in [0.4, 0.5) is 105 Å². The third kappa shape index (κ3) is 15.6. The lowest BCUT2D eigenvalue weighted by Crippen LogP contribution is -2.38. The molecule has 1 atom stereocenters. The number of rotatable bonds is 14. The highest BCUT2D eigenvalue weighted by atomic mass is 32.3. The molecule has 6 aromatic carbocycles. The highest BCUT2D eigenvalue weighted by molar-refractivity contribution is 8.34. The first-order valence-electron chi connectivity index (χ1n) is 24.2. The fourth-order valence-corrected chi connectivity index (χ4v) is 13.1. The van der Waals surface area contributed by atoms with Crippen molar-refractivity contribution in [1.82, 2.24) is 0 Å². The fraction of sp³-hybridized carbons (Fsp3) is 0.296. The number of alkyl halides is 24. The summed E-state index contributed by atoms with van der Waals surface area (Å²) < 4.78 is 370. The van der Waals surface area contributed by atoms with Gasteiger partial charge in [-0.05, 0) is 108 Å². The highest BCUT2D eigenvalue weighted by Crippen LogP contribution is 2.69. The van der Waals surface area contributed by atoms with E-state index in [9.17, 15) is 57.5 Å². The van der Waals surface area contributed by atoms with Gasteiger partial charge in [0.1, 0.15) is 17.2 Å². The van der Waals surface area contributed by atoms with Crippen LogP contribution in [-0.4, -0.2) is 30.4 Å². The maximum absolute atomic E-state index is 16.2. The van der Waals surface area contributed by atoms with E-state index >= 15 is 57.5 Å². The van der Waals surface area contributed by atoms with Crippen molar-refractivity contribution in [2.75, 3.05) is 11.5 Å². The van der Waals surface area contributed by atoms with Gasteiger partial charge < -0.3 is 14.0 Å². The van der Waals surface area contributed by atoms with Crippen LogP contribution >= 0.6 is 10.0 Å². The SMILES string of the molecule is O=C(CS(CC(=O)c1cccc2c1CCCCCC2)(c1cc(C(F)(F)F)cc(C(F)(F)F)c1)c1c(OB(Oc2cc(C(F)(F)F)cc(C(F)(F)F)c2)Oc2cc(C(F)(F)F)cc(C(F)(F)F)c2)cc(C(F)(F)F)cc1C(F)(F)F)c1ccccc1. The number of halogens is 24. The molecule has 0 aromatic heterocycles. The molecule has 5 nitrogen and oxygen atoms in total. The molecular weight excluding hydrogens is 1230 g/mol. The molecule has 1 unspecified atom stereocenters. The first-order valence-corrected chi connectivity index (χ1v) is 26.1. The Bertz CT molecular complexity index is 3260. The van der Waals surface area contributed by atoms with Gasteiger partial charge in [0.2, 0.25) is 0 Å². The number of hydrogen-bond acceptors (Lipinski definition) is 5. The molecule has 0 N–H and O–H groups in total. The zero-order valence-corrected chi connectivity index (χ0v) is 43.0. The van der Waals surface area contributed by atoms with E-state index in [4.69, 9.17) is 14.0 Å². The van der Waals surface area contributed by atoms with Crippen molar-refractivity contribution in [2.45, 2.75) is 97.7 Å². The Morgan fingerprint density at radius 3 is 1.22 bits per heavy atom. The summed E-state index contributed by atoms with van der Waals surface area (Å²) in [5.74, 6) is -13.3. The Hall–Kier alpha value is -7.21. The van der Waals surface area contributed by atoms with Crippen LogP contribution in [0, 0.1) is 0 Å². The van der Waals surface area contributed by atoms with Crippen LogP contribution in [0.2, 0.25) is 0 Å². The molecule has 6 aromatic rings. The predicted molar refractivity (Wildman–Crippen MR) is 255 cm³/mol. The Morgan fingerprint density at radius 1 is 0.400 bits per heavy atom. The molecular formula is C54H35BF24O5S. The second kappa shape index (κ2) is 23.6. The van der Waals surface area contributed by atoms with Crippen molar-refractivity contribution in [1.29, 1.82) is 0 Å². The second-order valence-corrected chi connectivity index (χ2v) is 22.2. The Labute approximate surface area is 465 Å². The smallest absolute Gasteiger partial charge is 0.490 e. The number of carbonyl (C=O) groups excluding carboxylic acids is 2. The van der Waals surface area contributed by atoms with Crippen LogP contribution in [0.15, 0.2) is 125 Å². The van der Waals surface area contributed by atoms with Gasteiger partial charge in [-0.2, -0.15) is 115 Å². The van der Waals surface area contributed by atoms with Crippen LogP contribution < -0.4 is 14.0 Å². The van der Waals surface area contributed by atoms with Gasteiger partial charge in [0.05, 0.1) is 44.5 Å². The minimum atomic E-state index is -6.48. The van der Waals surface area contributed by atoms with Gasteiger partial charge in [-0.25, -0.2) is 0 Å². The normalized spacial score (nSPS) is 15.2. The fourth-order valence-electron chi connectivity index (χ4n) is 9.11. The van der Waals surface area contributed by atoms with Gasteiger partial charge in [-0.3, -0.25) is 9.59 Å². The Morgan fingerprint density at radius 2 is 0.800 bits per heavy atom. The molecule has 0 radical (unpaired) electrons. The average Bonchev–Trinajstić information content (AvgIpc) is 1.61. The topological polar surface area (TPSA) is 61.8 Å². The molecule has 0 heterocycles. The summed E-state index contributed by atoms with van der Waals surface area (Å²) in [5, 5.41) is 0. The van der Waals surface area contributed by atoms with Crippen molar-refractivity contribution in [2.24, 2.45) is 0 Å². The van der Waals surface area contributed by atoms with Crippen molar-refractivity contribution in [3.8, 4) is 17.2 Å². The van der Waals surface area contributed by atoms with E-state index in [1.165, 1.54) is 18.2 Å². The standard InChI is InChI=1S/C54H35BF24O5S/c56-47(57,58)30-15-31(48(59,60)61)19-37(18-30)82-55(83-38-20-32(49(62,63)64)16-33(21-38)50(65,66)67)84-45-25-36(53(74,75)76)24-42(54(77,78)79)46(45)85(26-43(80)29-10-5-3-6-11-29,39-22-34(51(68,69)70)17-35(23-39)52(71,72)73)27-44(81)41-14-8-12-28-9-4-1-2-7-13-40(28)41/h3,5-6,8,10-12,14-25H,1-2,4,7,9,13,26-27H2. The number of ketones is 2. The lowest BCUT2D eigenvalue weighted by molar-refractivity contribution is -0.146. The van der Waals surface area contributed by atoms with E-state index < -0.39 is 227 Å². The predicted octanol–water partition coefficient (Wildman–Crippen LogP) is 19.0. The lowest BCUT2D eigenvalue weighted by atomic mass is 9.89. The number of fused-ring (bicyclic) bond motifs is 1. The molecule has 1 aliphatic carbocycles. The van der Waals surface area contributed by atoms with E-state index in [1.807, 2.05) is 0 Å². The second-order valence-electron chi connectivity index (χ2n) is 19.0. The van der Waals surface area contributed by atoms with E-state index in [1.54, 1.807) is 0 Å². The zero-order chi connectivity index (χ0) is 63.3. The molecule has 458 valence electrons. The number of carbonyl (C=O) groups is 2. The van der Waals surface area contributed by atoms with Crippen molar-refractivity contribution < 1.29 is 129 Å².